The average Bonchev–Trinajstić information content (AvgIpc) is 3.72. The van der Waals surface area contributed by atoms with Gasteiger partial charge >= 0.3 is 0 Å². The van der Waals surface area contributed by atoms with E-state index in [2.05, 4.69) is 10.3 Å². The van der Waals surface area contributed by atoms with Crippen LogP contribution in [-0.4, -0.2) is 96.5 Å². The van der Waals surface area contributed by atoms with Gasteiger partial charge in [0.15, 0.2) is 11.5 Å². The van der Waals surface area contributed by atoms with Gasteiger partial charge in [0.25, 0.3) is 0 Å². The number of fused-ring (bicyclic) bond motifs is 1. The van der Waals surface area contributed by atoms with Crippen LogP contribution in [0.1, 0.15) is 28.9 Å². The number of benzene rings is 2. The number of halogens is 1. The molecule has 12 heteroatoms. The molecule has 1 aliphatic heterocycles. The highest BCUT2D eigenvalue weighted by molar-refractivity contribution is 14.1. The number of carbonyl (C=O) groups is 3. The molecule has 0 radical (unpaired) electrons. The van der Waals surface area contributed by atoms with Crippen molar-refractivity contribution in [2.75, 3.05) is 40.0 Å². The van der Waals surface area contributed by atoms with Gasteiger partial charge in [0.05, 0.1) is 35.9 Å². The number of aliphatic hydroxyl groups is 2. The molecule has 1 fully saturated rings. The van der Waals surface area contributed by atoms with Crippen molar-refractivity contribution in [1.82, 2.24) is 15.2 Å². The van der Waals surface area contributed by atoms with E-state index >= 15 is 0 Å². The van der Waals surface area contributed by atoms with Gasteiger partial charge in [0.2, 0.25) is 11.8 Å². The largest absolute Gasteiger partial charge is 0.493 e. The van der Waals surface area contributed by atoms with E-state index in [-0.39, 0.29) is 37.9 Å². The second-order valence-electron chi connectivity index (χ2n) is 10.9. The summed E-state index contributed by atoms with van der Waals surface area (Å²) in [5.41, 5.74) is 2.65. The minimum atomic E-state index is -1.20. The predicted octanol–water partition coefficient (Wildman–Crippen LogP) is 2.62. The summed E-state index contributed by atoms with van der Waals surface area (Å²) in [7, 11) is 1.45. The van der Waals surface area contributed by atoms with Crippen molar-refractivity contribution in [1.29, 1.82) is 0 Å². The normalized spacial score (nSPS) is 21.5. The van der Waals surface area contributed by atoms with Gasteiger partial charge in [-0.15, -0.1) is 0 Å². The van der Waals surface area contributed by atoms with Crippen molar-refractivity contribution < 1.29 is 38.8 Å². The van der Waals surface area contributed by atoms with Crippen LogP contribution in [0.4, 0.5) is 0 Å². The van der Waals surface area contributed by atoms with Crippen LogP contribution in [0.2, 0.25) is 0 Å². The highest BCUT2D eigenvalue weighted by Crippen LogP contribution is 2.37. The summed E-state index contributed by atoms with van der Waals surface area (Å²) in [5.74, 6) is -0.341. The molecule has 2 aliphatic rings. The van der Waals surface area contributed by atoms with Crippen molar-refractivity contribution >= 4 is 51.6 Å². The molecule has 3 aromatic rings. The quantitative estimate of drug-likeness (QED) is 0.165. The molecule has 0 bridgehead atoms. The SMILES string of the molecule is COc1cc(C=O)cc(I)c1OC1C=C(C(=O)NCCO)CC(N(CCc2cc3ccccc3[nH]2)C(=O)C2CCOC2)C1O. The standard InChI is InChI=1S/C32H36IN3O8/c1-42-28-13-19(17-38)12-24(33)30(28)44-27-16-22(31(40)34-8-10-37)15-26(29(27)39)36(32(41)21-7-11-43-18-21)9-6-23-14-20-4-2-3-5-25(20)35-23/h2-5,12-14,16-17,21,26-27,29,35,37,39H,6-11,15,18H2,1H3,(H,34,40). The lowest BCUT2D eigenvalue weighted by atomic mass is 9.87. The van der Waals surface area contributed by atoms with Gasteiger partial charge in [0.1, 0.15) is 18.5 Å². The zero-order chi connectivity index (χ0) is 31.2. The van der Waals surface area contributed by atoms with E-state index in [1.54, 1.807) is 17.0 Å². The van der Waals surface area contributed by atoms with E-state index < -0.39 is 24.2 Å². The number of para-hydroxylation sites is 1. The fraction of sp³-hybridized carbons (Fsp3) is 0.406. The Morgan fingerprint density at radius 1 is 1.25 bits per heavy atom. The average molecular weight is 718 g/mol. The molecule has 2 heterocycles. The Balaban J connectivity index is 1.48. The minimum Gasteiger partial charge on any atom is -0.493 e. The van der Waals surface area contributed by atoms with E-state index in [4.69, 9.17) is 14.2 Å². The lowest BCUT2D eigenvalue weighted by molar-refractivity contribution is -0.142. The van der Waals surface area contributed by atoms with Gasteiger partial charge < -0.3 is 39.6 Å². The number of ether oxygens (including phenoxy) is 3. The number of amides is 2. The van der Waals surface area contributed by atoms with Gasteiger partial charge in [-0.1, -0.05) is 18.2 Å². The van der Waals surface area contributed by atoms with Crippen molar-refractivity contribution in [3.63, 3.8) is 0 Å². The first kappa shape index (κ1) is 31.9. The Morgan fingerprint density at radius 3 is 2.77 bits per heavy atom. The third kappa shape index (κ3) is 7.09. The Bertz CT molecular complexity index is 1500. The number of aldehydes is 1. The van der Waals surface area contributed by atoms with E-state index in [9.17, 15) is 24.6 Å². The van der Waals surface area contributed by atoms with Crippen molar-refractivity contribution in [3.8, 4) is 11.5 Å². The van der Waals surface area contributed by atoms with Gasteiger partial charge in [-0.05, 0) is 64.7 Å². The van der Waals surface area contributed by atoms with Gasteiger partial charge in [-0.2, -0.15) is 0 Å². The second kappa shape index (κ2) is 14.5. The van der Waals surface area contributed by atoms with E-state index in [1.807, 2.05) is 52.9 Å². The van der Waals surface area contributed by atoms with Crippen molar-refractivity contribution in [2.45, 2.75) is 37.5 Å². The molecular formula is C32H36IN3O8. The summed E-state index contributed by atoms with van der Waals surface area (Å²) in [5, 5.41) is 24.9. The Labute approximate surface area is 268 Å². The molecule has 1 saturated heterocycles. The first-order chi connectivity index (χ1) is 21.3. The fourth-order valence-electron chi connectivity index (χ4n) is 5.75. The number of H-pyrrole nitrogens is 1. The maximum atomic E-state index is 14.0. The zero-order valence-electron chi connectivity index (χ0n) is 24.3. The predicted molar refractivity (Wildman–Crippen MR) is 171 cm³/mol. The lowest BCUT2D eigenvalue weighted by Crippen LogP contribution is -2.56. The first-order valence-electron chi connectivity index (χ1n) is 14.5. The summed E-state index contributed by atoms with van der Waals surface area (Å²) in [6.07, 6.45) is 1.17. The van der Waals surface area contributed by atoms with E-state index in [1.165, 1.54) is 13.2 Å². The Morgan fingerprint density at radius 2 is 2.07 bits per heavy atom. The molecule has 11 nitrogen and oxygen atoms in total. The molecule has 5 rings (SSSR count). The molecule has 2 aromatic carbocycles. The maximum Gasteiger partial charge on any atom is 0.247 e. The number of aromatic amines is 1. The van der Waals surface area contributed by atoms with Crippen LogP contribution in [0.3, 0.4) is 0 Å². The number of aliphatic hydroxyl groups excluding tert-OH is 2. The third-order valence-corrected chi connectivity index (χ3v) is 8.83. The summed E-state index contributed by atoms with van der Waals surface area (Å²) < 4.78 is 17.9. The summed E-state index contributed by atoms with van der Waals surface area (Å²) in [6.45, 7) is 0.880. The summed E-state index contributed by atoms with van der Waals surface area (Å²) >= 11 is 2.02. The second-order valence-corrected chi connectivity index (χ2v) is 12.1. The van der Waals surface area contributed by atoms with Crippen LogP contribution in [0.5, 0.6) is 11.5 Å². The molecule has 4 unspecified atom stereocenters. The number of hydrogen-bond acceptors (Lipinski definition) is 8. The molecule has 4 atom stereocenters. The number of aromatic nitrogens is 1. The molecule has 44 heavy (non-hydrogen) atoms. The van der Waals surface area contributed by atoms with Crippen LogP contribution in [0, 0.1) is 9.49 Å². The highest BCUT2D eigenvalue weighted by Gasteiger charge is 2.42. The van der Waals surface area contributed by atoms with Crippen LogP contribution < -0.4 is 14.8 Å². The minimum absolute atomic E-state index is 0.0518. The molecule has 0 saturated carbocycles. The topological polar surface area (TPSA) is 150 Å². The molecule has 1 aliphatic carbocycles. The lowest BCUT2D eigenvalue weighted by Gasteiger charge is -2.41. The van der Waals surface area contributed by atoms with Crippen LogP contribution in [0.25, 0.3) is 10.9 Å². The monoisotopic (exact) mass is 717 g/mol. The highest BCUT2D eigenvalue weighted by atomic mass is 127. The van der Waals surface area contributed by atoms with Gasteiger partial charge in [0, 0.05) is 54.9 Å². The van der Waals surface area contributed by atoms with Crippen LogP contribution in [0.15, 0.2) is 54.1 Å². The van der Waals surface area contributed by atoms with Gasteiger partial charge in [-0.25, -0.2) is 0 Å². The zero-order valence-corrected chi connectivity index (χ0v) is 26.5. The number of nitrogens with one attached hydrogen (secondary N) is 2. The molecule has 1 aromatic heterocycles. The van der Waals surface area contributed by atoms with Gasteiger partial charge in [-0.3, -0.25) is 14.4 Å². The first-order valence-corrected chi connectivity index (χ1v) is 15.6. The number of nitrogens with zero attached hydrogens (tertiary/aromatic N) is 1. The Kier molecular flexibility index (Phi) is 10.6. The van der Waals surface area contributed by atoms with Crippen molar-refractivity contribution in [2.24, 2.45) is 5.92 Å². The number of hydrogen-bond donors (Lipinski definition) is 4. The van der Waals surface area contributed by atoms with Crippen LogP contribution >= 0.6 is 22.6 Å². The Hall–Kier alpha value is -3.46. The molecular weight excluding hydrogens is 681 g/mol. The summed E-state index contributed by atoms with van der Waals surface area (Å²) in [6, 6.07) is 12.3. The summed E-state index contributed by atoms with van der Waals surface area (Å²) in [4.78, 5) is 43.7. The molecule has 0 spiro atoms. The number of carbonyl (C=O) groups excluding carboxylic acids is 3. The van der Waals surface area contributed by atoms with Crippen molar-refractivity contribution in [3.05, 3.63) is 68.9 Å². The maximum absolute atomic E-state index is 14.0. The molecule has 234 valence electrons. The smallest absolute Gasteiger partial charge is 0.247 e. The van der Waals surface area contributed by atoms with Crippen LogP contribution in [-0.2, 0) is 20.7 Å². The fourth-order valence-corrected chi connectivity index (χ4v) is 6.50. The third-order valence-electron chi connectivity index (χ3n) is 8.03. The number of rotatable bonds is 12. The molecule has 4 N–H and O–H groups in total. The van der Waals surface area contributed by atoms with E-state index in [0.717, 1.165) is 16.6 Å². The molecule has 2 amide bonds. The number of methoxy groups -OCH3 is 1. The van der Waals surface area contributed by atoms with E-state index in [0.29, 0.717) is 58.5 Å².